The predicted octanol–water partition coefficient (Wildman–Crippen LogP) is 1.71. The minimum atomic E-state index is -1.01. The van der Waals surface area contributed by atoms with E-state index in [4.69, 9.17) is 5.11 Å². The Morgan fingerprint density at radius 1 is 1.54 bits per heavy atom. The van der Waals surface area contributed by atoms with Gasteiger partial charge >= 0.3 is 5.97 Å². The van der Waals surface area contributed by atoms with Gasteiger partial charge in [-0.15, -0.1) is 0 Å². The number of hydrogen-bond donors (Lipinski definition) is 2. The summed E-state index contributed by atoms with van der Waals surface area (Å²) in [6.45, 7) is 1.45. The van der Waals surface area contributed by atoms with E-state index in [1.807, 2.05) is 0 Å². The zero-order valence-corrected chi connectivity index (χ0v) is 7.12. The third-order valence-corrected chi connectivity index (χ3v) is 1.62. The first-order valence-electron chi connectivity index (χ1n) is 3.85. The quantitative estimate of drug-likeness (QED) is 0.750. The van der Waals surface area contributed by atoms with Crippen LogP contribution in [0.2, 0.25) is 0 Å². The van der Waals surface area contributed by atoms with E-state index in [1.165, 1.54) is 19.1 Å². The second kappa shape index (κ2) is 3.89. The molecule has 0 unspecified atom stereocenters. The smallest absolute Gasteiger partial charge is 0.325 e. The molecule has 0 aromatic heterocycles. The van der Waals surface area contributed by atoms with E-state index in [0.29, 0.717) is 0 Å². The van der Waals surface area contributed by atoms with E-state index in [9.17, 15) is 9.18 Å². The standard InChI is InChI=1S/C9H10FNO2/c1-6(9(12)13)11-8-5-3-2-4-7(8)10/h2-6,11H,1H3,(H,12,13)/t6-/m1/s1. The molecule has 13 heavy (non-hydrogen) atoms. The molecule has 0 saturated heterocycles. The maximum atomic E-state index is 13.0. The molecule has 0 aliphatic rings. The Morgan fingerprint density at radius 3 is 2.69 bits per heavy atom. The van der Waals surface area contributed by atoms with E-state index in [2.05, 4.69) is 5.32 Å². The highest BCUT2D eigenvalue weighted by Gasteiger charge is 2.11. The number of carboxylic acid groups (broad SMARTS) is 1. The number of anilines is 1. The third-order valence-electron chi connectivity index (χ3n) is 1.62. The second-order valence-corrected chi connectivity index (χ2v) is 2.68. The van der Waals surface area contributed by atoms with Crippen molar-refractivity contribution in [3.05, 3.63) is 30.1 Å². The summed E-state index contributed by atoms with van der Waals surface area (Å²) < 4.78 is 13.0. The zero-order valence-electron chi connectivity index (χ0n) is 7.12. The summed E-state index contributed by atoms with van der Waals surface area (Å²) in [6.07, 6.45) is 0. The summed E-state index contributed by atoms with van der Waals surface area (Å²) in [6, 6.07) is 5.16. The molecule has 0 amide bonds. The van der Waals surface area contributed by atoms with Gasteiger partial charge in [-0.05, 0) is 19.1 Å². The van der Waals surface area contributed by atoms with Crippen molar-refractivity contribution in [2.24, 2.45) is 0 Å². The van der Waals surface area contributed by atoms with Crippen LogP contribution in [0.25, 0.3) is 0 Å². The molecule has 3 nitrogen and oxygen atoms in total. The Balaban J connectivity index is 2.74. The van der Waals surface area contributed by atoms with Gasteiger partial charge in [-0.2, -0.15) is 0 Å². The summed E-state index contributed by atoms with van der Waals surface area (Å²) in [5.74, 6) is -1.46. The third kappa shape index (κ3) is 2.43. The molecule has 1 rings (SSSR count). The lowest BCUT2D eigenvalue weighted by Crippen LogP contribution is -2.25. The van der Waals surface area contributed by atoms with Gasteiger partial charge in [0, 0.05) is 0 Å². The van der Waals surface area contributed by atoms with Gasteiger partial charge in [0.1, 0.15) is 11.9 Å². The summed E-state index contributed by atoms with van der Waals surface area (Å²) in [7, 11) is 0. The van der Waals surface area contributed by atoms with Crippen LogP contribution in [-0.2, 0) is 4.79 Å². The Hall–Kier alpha value is -1.58. The van der Waals surface area contributed by atoms with Crippen molar-refractivity contribution < 1.29 is 14.3 Å². The van der Waals surface area contributed by atoms with Crippen molar-refractivity contribution in [2.45, 2.75) is 13.0 Å². The van der Waals surface area contributed by atoms with Crippen LogP contribution in [0.3, 0.4) is 0 Å². The number of para-hydroxylation sites is 1. The first-order chi connectivity index (χ1) is 6.11. The Kier molecular flexibility index (Phi) is 2.84. The summed E-state index contributed by atoms with van der Waals surface area (Å²) >= 11 is 0. The Bertz CT molecular complexity index is 314. The molecule has 1 atom stereocenters. The molecule has 0 bridgehead atoms. The number of rotatable bonds is 3. The fourth-order valence-corrected chi connectivity index (χ4v) is 0.873. The van der Waals surface area contributed by atoms with Gasteiger partial charge in [0.25, 0.3) is 0 Å². The van der Waals surface area contributed by atoms with Gasteiger partial charge in [0.15, 0.2) is 0 Å². The average Bonchev–Trinajstić information content (AvgIpc) is 2.08. The lowest BCUT2D eigenvalue weighted by atomic mass is 10.2. The van der Waals surface area contributed by atoms with Crippen LogP contribution in [0.15, 0.2) is 24.3 Å². The average molecular weight is 183 g/mol. The molecule has 1 aromatic carbocycles. The molecule has 0 aliphatic carbocycles. The van der Waals surface area contributed by atoms with Gasteiger partial charge in [-0.3, -0.25) is 4.79 Å². The number of aliphatic carboxylic acids is 1. The molecule has 0 fully saturated rings. The predicted molar refractivity (Wildman–Crippen MR) is 47.1 cm³/mol. The van der Waals surface area contributed by atoms with Crippen molar-refractivity contribution in [2.75, 3.05) is 5.32 Å². The number of carboxylic acids is 1. The highest BCUT2D eigenvalue weighted by atomic mass is 19.1. The minimum Gasteiger partial charge on any atom is -0.480 e. The van der Waals surface area contributed by atoms with E-state index in [-0.39, 0.29) is 5.69 Å². The molecular weight excluding hydrogens is 173 g/mol. The zero-order chi connectivity index (χ0) is 9.84. The number of benzene rings is 1. The summed E-state index contributed by atoms with van der Waals surface area (Å²) in [4.78, 5) is 10.4. The largest absolute Gasteiger partial charge is 0.480 e. The molecule has 0 heterocycles. The molecule has 0 saturated carbocycles. The maximum absolute atomic E-state index is 13.0. The fourth-order valence-electron chi connectivity index (χ4n) is 0.873. The lowest BCUT2D eigenvalue weighted by molar-refractivity contribution is -0.137. The van der Waals surface area contributed by atoms with Crippen molar-refractivity contribution in [1.29, 1.82) is 0 Å². The van der Waals surface area contributed by atoms with E-state index in [1.54, 1.807) is 12.1 Å². The van der Waals surface area contributed by atoms with E-state index in [0.717, 1.165) is 0 Å². The van der Waals surface area contributed by atoms with Gasteiger partial charge in [-0.1, -0.05) is 12.1 Å². The van der Waals surface area contributed by atoms with Crippen molar-refractivity contribution in [3.63, 3.8) is 0 Å². The maximum Gasteiger partial charge on any atom is 0.325 e. The van der Waals surface area contributed by atoms with Gasteiger partial charge < -0.3 is 10.4 Å². The van der Waals surface area contributed by atoms with E-state index < -0.39 is 17.8 Å². The lowest BCUT2D eigenvalue weighted by Gasteiger charge is -2.10. The summed E-state index contributed by atoms with van der Waals surface area (Å²) in [5, 5.41) is 11.1. The van der Waals surface area contributed by atoms with Crippen LogP contribution in [-0.4, -0.2) is 17.1 Å². The molecule has 2 N–H and O–H groups in total. The normalized spacial score (nSPS) is 12.2. The van der Waals surface area contributed by atoms with E-state index >= 15 is 0 Å². The first-order valence-corrected chi connectivity index (χ1v) is 3.85. The van der Waals surface area contributed by atoms with Crippen molar-refractivity contribution in [1.82, 2.24) is 0 Å². The van der Waals surface area contributed by atoms with Crippen LogP contribution < -0.4 is 5.32 Å². The fraction of sp³-hybridized carbons (Fsp3) is 0.222. The monoisotopic (exact) mass is 183 g/mol. The molecule has 0 aliphatic heterocycles. The minimum absolute atomic E-state index is 0.206. The van der Waals surface area contributed by atoms with Crippen LogP contribution in [0.5, 0.6) is 0 Å². The van der Waals surface area contributed by atoms with Crippen LogP contribution in [0.4, 0.5) is 10.1 Å². The van der Waals surface area contributed by atoms with Crippen LogP contribution >= 0.6 is 0 Å². The van der Waals surface area contributed by atoms with Crippen LogP contribution in [0.1, 0.15) is 6.92 Å². The highest BCUT2D eigenvalue weighted by molar-refractivity contribution is 5.76. The summed E-state index contributed by atoms with van der Waals surface area (Å²) in [5.41, 5.74) is 0.206. The molecule has 1 aromatic rings. The van der Waals surface area contributed by atoms with Crippen molar-refractivity contribution >= 4 is 11.7 Å². The highest BCUT2D eigenvalue weighted by Crippen LogP contribution is 2.13. The van der Waals surface area contributed by atoms with Crippen molar-refractivity contribution in [3.8, 4) is 0 Å². The molecule has 0 radical (unpaired) electrons. The van der Waals surface area contributed by atoms with Gasteiger partial charge in [0.05, 0.1) is 5.69 Å². The topological polar surface area (TPSA) is 49.3 Å². The number of nitrogens with one attached hydrogen (secondary N) is 1. The van der Waals surface area contributed by atoms with Crippen LogP contribution in [0, 0.1) is 5.82 Å². The first kappa shape index (κ1) is 9.51. The number of halogens is 1. The molecule has 0 spiro atoms. The SMILES string of the molecule is C[C@@H](Nc1ccccc1F)C(=O)O. The molecular formula is C9H10FNO2. The number of carbonyl (C=O) groups is 1. The molecule has 70 valence electrons. The number of hydrogen-bond acceptors (Lipinski definition) is 2. The van der Waals surface area contributed by atoms with Gasteiger partial charge in [-0.25, -0.2) is 4.39 Å². The Labute approximate surface area is 75.2 Å². The van der Waals surface area contributed by atoms with Gasteiger partial charge in [0.2, 0.25) is 0 Å². The Morgan fingerprint density at radius 2 is 2.15 bits per heavy atom. The second-order valence-electron chi connectivity index (χ2n) is 2.68. The molecule has 4 heteroatoms.